The number of para-hydroxylation sites is 1. The van der Waals surface area contributed by atoms with Crippen LogP contribution in [-0.2, 0) is 4.74 Å². The molecule has 0 aliphatic carbocycles. The van der Waals surface area contributed by atoms with Gasteiger partial charge in [0.25, 0.3) is 0 Å². The Morgan fingerprint density at radius 1 is 1.18 bits per heavy atom. The van der Waals surface area contributed by atoms with Crippen LogP contribution in [0.4, 0.5) is 5.88 Å². The van der Waals surface area contributed by atoms with E-state index in [-0.39, 0.29) is 24.7 Å². The third-order valence-corrected chi connectivity index (χ3v) is 3.05. The first-order valence-corrected chi connectivity index (χ1v) is 6.73. The Morgan fingerprint density at radius 3 is 2.45 bits per heavy atom. The van der Waals surface area contributed by atoms with Crippen molar-refractivity contribution in [1.82, 2.24) is 0 Å². The number of halogens is 2. The van der Waals surface area contributed by atoms with Gasteiger partial charge in [0.2, 0.25) is 5.76 Å². The Labute approximate surface area is 134 Å². The van der Waals surface area contributed by atoms with Crippen LogP contribution in [-0.4, -0.2) is 24.1 Å². The smallest absolute Gasteiger partial charge is 0.433 e. The van der Waals surface area contributed by atoms with Crippen molar-refractivity contribution in [3.8, 4) is 5.75 Å². The molecule has 2 aromatic rings. The molecule has 1 aromatic heterocycles. The number of hydrogen-bond acceptors (Lipinski definition) is 6. The molecule has 0 radical (unpaired) electrons. The lowest BCUT2D eigenvalue weighted by Gasteiger charge is -2.09. The zero-order valence-corrected chi connectivity index (χ0v) is 12.5. The number of nitrogens with zero attached hydrogens (tertiary/aromatic N) is 1. The molecular weight excluding hydrogens is 337 g/mol. The quantitative estimate of drug-likeness (QED) is 0.342. The summed E-state index contributed by atoms with van der Waals surface area (Å²) >= 11 is 11.8. The van der Waals surface area contributed by atoms with Gasteiger partial charge in [0.1, 0.15) is 18.1 Å². The summed E-state index contributed by atoms with van der Waals surface area (Å²) in [6.45, 7) is -0.0904. The van der Waals surface area contributed by atoms with Gasteiger partial charge in [-0.05, 0) is 18.2 Å². The summed E-state index contributed by atoms with van der Waals surface area (Å²) in [4.78, 5) is 21.3. The Hall–Kier alpha value is -2.25. The van der Waals surface area contributed by atoms with Crippen LogP contribution >= 0.6 is 23.2 Å². The third-order valence-electron chi connectivity index (χ3n) is 2.45. The fraction of sp³-hybridized carbons (Fsp3) is 0.154. The van der Waals surface area contributed by atoms with E-state index in [1.54, 1.807) is 18.2 Å². The van der Waals surface area contributed by atoms with Gasteiger partial charge >= 0.3 is 11.9 Å². The van der Waals surface area contributed by atoms with Gasteiger partial charge in [-0.1, -0.05) is 29.3 Å². The molecule has 1 aromatic carbocycles. The molecule has 0 aliphatic heterocycles. The summed E-state index contributed by atoms with van der Waals surface area (Å²) in [5.41, 5.74) is 0. The number of nitro groups is 1. The minimum atomic E-state index is -0.832. The van der Waals surface area contributed by atoms with Crippen LogP contribution in [0.5, 0.6) is 5.75 Å². The van der Waals surface area contributed by atoms with Crippen molar-refractivity contribution in [2.45, 2.75) is 0 Å². The molecule has 0 saturated heterocycles. The molecule has 1 heterocycles. The van der Waals surface area contributed by atoms with Gasteiger partial charge in [0, 0.05) is 0 Å². The van der Waals surface area contributed by atoms with Gasteiger partial charge in [-0.3, -0.25) is 10.1 Å². The first-order chi connectivity index (χ1) is 10.5. The normalized spacial score (nSPS) is 10.3. The molecular formula is C13H9Cl2NO6. The summed E-state index contributed by atoms with van der Waals surface area (Å²) in [7, 11) is 0. The molecule has 0 spiro atoms. The maximum atomic E-state index is 11.6. The minimum absolute atomic E-state index is 0.0119. The van der Waals surface area contributed by atoms with Gasteiger partial charge in [-0.15, -0.1) is 0 Å². The maximum Gasteiger partial charge on any atom is 0.433 e. The highest BCUT2D eigenvalue weighted by molar-refractivity contribution is 6.37. The second-order valence-electron chi connectivity index (χ2n) is 3.93. The fourth-order valence-electron chi connectivity index (χ4n) is 1.51. The van der Waals surface area contributed by atoms with E-state index in [2.05, 4.69) is 0 Å². The topological polar surface area (TPSA) is 91.8 Å². The predicted molar refractivity (Wildman–Crippen MR) is 77.6 cm³/mol. The second kappa shape index (κ2) is 7.15. The number of furan rings is 1. The highest BCUT2D eigenvalue weighted by Crippen LogP contribution is 2.32. The minimum Gasteiger partial charge on any atom is -0.487 e. The molecule has 0 atom stereocenters. The lowest BCUT2D eigenvalue weighted by Crippen LogP contribution is -2.12. The van der Waals surface area contributed by atoms with Crippen LogP contribution in [0.2, 0.25) is 10.0 Å². The molecule has 0 saturated carbocycles. The average Bonchev–Trinajstić information content (AvgIpc) is 2.96. The van der Waals surface area contributed by atoms with Crippen molar-refractivity contribution < 1.29 is 23.6 Å². The van der Waals surface area contributed by atoms with Crippen molar-refractivity contribution in [2.24, 2.45) is 0 Å². The Bertz CT molecular complexity index is 679. The molecule has 2 rings (SSSR count). The van der Waals surface area contributed by atoms with E-state index in [4.69, 9.17) is 37.1 Å². The van der Waals surface area contributed by atoms with Gasteiger partial charge in [0.15, 0.2) is 5.75 Å². The van der Waals surface area contributed by atoms with Crippen molar-refractivity contribution in [1.29, 1.82) is 0 Å². The second-order valence-corrected chi connectivity index (χ2v) is 4.74. The molecule has 22 heavy (non-hydrogen) atoms. The average molecular weight is 346 g/mol. The van der Waals surface area contributed by atoms with E-state index in [9.17, 15) is 14.9 Å². The highest BCUT2D eigenvalue weighted by atomic mass is 35.5. The van der Waals surface area contributed by atoms with Crippen molar-refractivity contribution in [3.63, 3.8) is 0 Å². The first-order valence-electron chi connectivity index (χ1n) is 5.97. The zero-order chi connectivity index (χ0) is 16.1. The summed E-state index contributed by atoms with van der Waals surface area (Å²) in [6.07, 6.45) is 0. The summed E-state index contributed by atoms with van der Waals surface area (Å²) in [5, 5.41) is 11.1. The SMILES string of the molecule is O=C(OCCOc1c(Cl)cccc1Cl)c1ccc([N+](=O)[O-])o1. The molecule has 116 valence electrons. The first kappa shape index (κ1) is 16.1. The zero-order valence-electron chi connectivity index (χ0n) is 11.0. The number of hydrogen-bond donors (Lipinski definition) is 0. The Kier molecular flexibility index (Phi) is 5.24. The van der Waals surface area contributed by atoms with Crippen LogP contribution in [0.25, 0.3) is 0 Å². The van der Waals surface area contributed by atoms with Gasteiger partial charge in [0.05, 0.1) is 16.1 Å². The van der Waals surface area contributed by atoms with Crippen LogP contribution in [0.15, 0.2) is 34.7 Å². The van der Waals surface area contributed by atoms with Gasteiger partial charge < -0.3 is 13.9 Å². The van der Waals surface area contributed by atoms with Gasteiger partial charge in [-0.25, -0.2) is 4.79 Å². The van der Waals surface area contributed by atoms with Crippen molar-refractivity contribution in [2.75, 3.05) is 13.2 Å². The number of ether oxygens (including phenoxy) is 2. The third kappa shape index (κ3) is 3.90. The van der Waals surface area contributed by atoms with E-state index >= 15 is 0 Å². The van der Waals surface area contributed by atoms with Crippen molar-refractivity contribution >= 4 is 35.1 Å². The lowest BCUT2D eigenvalue weighted by molar-refractivity contribution is -0.402. The molecule has 0 fully saturated rings. The standard InChI is InChI=1S/C13H9Cl2NO6/c14-8-2-1-3-9(15)12(8)20-6-7-21-13(17)10-4-5-11(22-10)16(18)19/h1-5H,6-7H2. The summed E-state index contributed by atoms with van der Waals surface area (Å²) < 4.78 is 14.9. The van der Waals surface area contributed by atoms with Crippen LogP contribution < -0.4 is 4.74 Å². The number of carbonyl (C=O) groups is 1. The van der Waals surface area contributed by atoms with Crippen LogP contribution in [0, 0.1) is 10.1 Å². The van der Waals surface area contributed by atoms with E-state index in [1.807, 2.05) is 0 Å². The predicted octanol–water partition coefficient (Wildman–Crippen LogP) is 3.73. The molecule has 0 bridgehead atoms. The van der Waals surface area contributed by atoms with Crippen LogP contribution in [0.1, 0.15) is 10.6 Å². The maximum absolute atomic E-state index is 11.6. The van der Waals surface area contributed by atoms with E-state index < -0.39 is 16.8 Å². The monoisotopic (exact) mass is 345 g/mol. The fourth-order valence-corrected chi connectivity index (χ4v) is 2.01. The molecule has 0 unspecified atom stereocenters. The van der Waals surface area contributed by atoms with Crippen molar-refractivity contribution in [3.05, 3.63) is 56.3 Å². The summed E-state index contributed by atoms with van der Waals surface area (Å²) in [6, 6.07) is 7.11. The Balaban J connectivity index is 1.83. The van der Waals surface area contributed by atoms with E-state index in [0.29, 0.717) is 10.0 Å². The highest BCUT2D eigenvalue weighted by Gasteiger charge is 2.18. The Morgan fingerprint density at radius 2 is 1.86 bits per heavy atom. The van der Waals surface area contributed by atoms with E-state index in [1.165, 1.54) is 0 Å². The number of benzene rings is 1. The molecule has 9 heteroatoms. The molecule has 0 N–H and O–H groups in total. The summed E-state index contributed by atoms with van der Waals surface area (Å²) in [5.74, 6) is -1.34. The number of rotatable bonds is 6. The molecule has 0 amide bonds. The number of carbonyl (C=O) groups excluding carboxylic acids is 1. The number of esters is 1. The molecule has 0 aliphatic rings. The molecule has 7 nitrogen and oxygen atoms in total. The van der Waals surface area contributed by atoms with Crippen LogP contribution in [0.3, 0.4) is 0 Å². The van der Waals surface area contributed by atoms with Gasteiger partial charge in [-0.2, -0.15) is 0 Å². The largest absolute Gasteiger partial charge is 0.487 e. The van der Waals surface area contributed by atoms with E-state index in [0.717, 1.165) is 12.1 Å². The lowest BCUT2D eigenvalue weighted by atomic mass is 10.3.